The van der Waals surface area contributed by atoms with E-state index in [0.717, 1.165) is 31.2 Å². The topological polar surface area (TPSA) is 78.4 Å². The van der Waals surface area contributed by atoms with Gasteiger partial charge < -0.3 is 15.7 Å². The van der Waals surface area contributed by atoms with Gasteiger partial charge in [-0.3, -0.25) is 4.79 Å². The Morgan fingerprint density at radius 2 is 2.05 bits per heavy atom. The average Bonchev–Trinajstić information content (AvgIpc) is 2.98. The minimum Gasteiger partial charge on any atom is -0.481 e. The molecule has 2 rings (SSSR count). The van der Waals surface area contributed by atoms with E-state index in [1.807, 2.05) is 6.07 Å². The van der Waals surface area contributed by atoms with E-state index in [4.69, 9.17) is 5.11 Å². The number of urea groups is 1. The van der Waals surface area contributed by atoms with Crippen LogP contribution in [-0.4, -0.2) is 23.7 Å². The minimum atomic E-state index is -0.960. The number of hydrogen-bond donors (Lipinski definition) is 3. The number of aliphatic carboxylic acids is 1. The maximum Gasteiger partial charge on any atom is 0.315 e. The number of carboxylic acids is 1. The Balaban J connectivity index is 2.01. The van der Waals surface area contributed by atoms with Gasteiger partial charge in [0, 0.05) is 6.54 Å². The van der Waals surface area contributed by atoms with Crippen LogP contribution in [0, 0.1) is 11.7 Å². The highest BCUT2D eigenvalue weighted by molar-refractivity contribution is 5.75. The second kappa shape index (κ2) is 7.77. The van der Waals surface area contributed by atoms with Gasteiger partial charge in [-0.05, 0) is 36.5 Å². The van der Waals surface area contributed by atoms with Crippen LogP contribution in [-0.2, 0) is 4.79 Å². The Morgan fingerprint density at radius 1 is 1.32 bits per heavy atom. The second-order valence-electron chi connectivity index (χ2n) is 5.62. The number of carbonyl (C=O) groups excluding carboxylic acids is 1. The van der Waals surface area contributed by atoms with E-state index >= 15 is 0 Å². The second-order valence-corrected chi connectivity index (χ2v) is 5.62. The molecule has 0 aromatic heterocycles. The van der Waals surface area contributed by atoms with Gasteiger partial charge in [0.2, 0.25) is 0 Å². The fourth-order valence-corrected chi connectivity index (χ4v) is 2.94. The molecule has 0 saturated heterocycles. The highest BCUT2D eigenvalue weighted by Crippen LogP contribution is 2.35. The standard InChI is InChI=1S/C16H21FN2O3/c17-13-7-3-6-12(10-13)15(11-4-1-2-5-11)19-16(22)18-9-8-14(20)21/h3,6-7,10-11,15H,1-2,4-5,8-9H2,(H,20,21)(H2,18,19,22). The van der Waals surface area contributed by atoms with Crippen molar-refractivity contribution in [1.29, 1.82) is 0 Å². The number of rotatable bonds is 6. The van der Waals surface area contributed by atoms with E-state index in [9.17, 15) is 14.0 Å². The monoisotopic (exact) mass is 308 g/mol. The summed E-state index contributed by atoms with van der Waals surface area (Å²) in [7, 11) is 0. The molecule has 2 amide bonds. The van der Waals surface area contributed by atoms with Crippen LogP contribution in [0.1, 0.15) is 43.7 Å². The molecule has 0 bridgehead atoms. The zero-order valence-corrected chi connectivity index (χ0v) is 12.3. The van der Waals surface area contributed by atoms with Gasteiger partial charge in [0.05, 0.1) is 12.5 Å². The maximum atomic E-state index is 13.4. The molecule has 1 atom stereocenters. The van der Waals surface area contributed by atoms with Crippen molar-refractivity contribution in [2.24, 2.45) is 5.92 Å². The molecule has 1 saturated carbocycles. The first-order valence-electron chi connectivity index (χ1n) is 7.58. The van der Waals surface area contributed by atoms with Crippen LogP contribution < -0.4 is 10.6 Å². The highest BCUT2D eigenvalue weighted by atomic mass is 19.1. The summed E-state index contributed by atoms with van der Waals surface area (Å²) in [6.45, 7) is 0.0711. The molecule has 3 N–H and O–H groups in total. The molecule has 0 spiro atoms. The van der Waals surface area contributed by atoms with Crippen LogP contribution in [0.5, 0.6) is 0 Å². The Kier molecular flexibility index (Phi) is 5.75. The Bertz CT molecular complexity index is 530. The third-order valence-corrected chi connectivity index (χ3v) is 3.99. The molecular formula is C16H21FN2O3. The van der Waals surface area contributed by atoms with Crippen LogP contribution in [0.25, 0.3) is 0 Å². The molecule has 6 heteroatoms. The molecule has 1 unspecified atom stereocenters. The largest absolute Gasteiger partial charge is 0.481 e. The molecule has 1 aromatic rings. The van der Waals surface area contributed by atoms with Crippen molar-refractivity contribution >= 4 is 12.0 Å². The fourth-order valence-electron chi connectivity index (χ4n) is 2.94. The smallest absolute Gasteiger partial charge is 0.315 e. The van der Waals surface area contributed by atoms with Gasteiger partial charge in [-0.1, -0.05) is 25.0 Å². The van der Waals surface area contributed by atoms with Crippen molar-refractivity contribution < 1.29 is 19.1 Å². The van der Waals surface area contributed by atoms with E-state index < -0.39 is 12.0 Å². The van der Waals surface area contributed by atoms with Crippen molar-refractivity contribution in [1.82, 2.24) is 10.6 Å². The Morgan fingerprint density at radius 3 is 2.68 bits per heavy atom. The fraction of sp³-hybridized carbons (Fsp3) is 0.500. The van der Waals surface area contributed by atoms with Gasteiger partial charge in [-0.15, -0.1) is 0 Å². The number of carbonyl (C=O) groups is 2. The van der Waals surface area contributed by atoms with Crippen molar-refractivity contribution in [2.45, 2.75) is 38.1 Å². The van der Waals surface area contributed by atoms with Gasteiger partial charge in [-0.2, -0.15) is 0 Å². The molecule has 1 aromatic carbocycles. The van der Waals surface area contributed by atoms with E-state index in [1.54, 1.807) is 6.07 Å². The van der Waals surface area contributed by atoms with Gasteiger partial charge >= 0.3 is 12.0 Å². The summed E-state index contributed by atoms with van der Waals surface area (Å²) in [6, 6.07) is 5.61. The first-order valence-corrected chi connectivity index (χ1v) is 7.58. The van der Waals surface area contributed by atoms with Crippen LogP contribution in [0.4, 0.5) is 9.18 Å². The molecule has 1 aliphatic carbocycles. The van der Waals surface area contributed by atoms with E-state index in [-0.39, 0.29) is 30.7 Å². The lowest BCUT2D eigenvalue weighted by atomic mass is 9.91. The summed E-state index contributed by atoms with van der Waals surface area (Å²) in [5.41, 5.74) is 0.750. The zero-order chi connectivity index (χ0) is 15.9. The minimum absolute atomic E-state index is 0.0711. The molecule has 0 radical (unpaired) electrons. The van der Waals surface area contributed by atoms with Crippen LogP contribution >= 0.6 is 0 Å². The normalized spacial score (nSPS) is 16.2. The van der Waals surface area contributed by atoms with Gasteiger partial charge in [0.15, 0.2) is 0 Å². The van der Waals surface area contributed by atoms with Crippen molar-refractivity contribution in [3.8, 4) is 0 Å². The summed E-state index contributed by atoms with van der Waals surface area (Å²) in [5, 5.41) is 14.0. The predicted molar refractivity (Wildman–Crippen MR) is 79.9 cm³/mol. The lowest BCUT2D eigenvalue weighted by Crippen LogP contribution is -2.41. The van der Waals surface area contributed by atoms with Crippen LogP contribution in [0.15, 0.2) is 24.3 Å². The van der Waals surface area contributed by atoms with E-state index in [1.165, 1.54) is 12.1 Å². The zero-order valence-electron chi connectivity index (χ0n) is 12.3. The van der Waals surface area contributed by atoms with Gasteiger partial charge in [0.1, 0.15) is 5.82 Å². The number of carboxylic acid groups (broad SMARTS) is 1. The first-order chi connectivity index (χ1) is 10.6. The average molecular weight is 308 g/mol. The number of hydrogen-bond acceptors (Lipinski definition) is 2. The number of nitrogens with one attached hydrogen (secondary N) is 2. The third-order valence-electron chi connectivity index (χ3n) is 3.99. The lowest BCUT2D eigenvalue weighted by molar-refractivity contribution is -0.136. The molecule has 1 fully saturated rings. The van der Waals surface area contributed by atoms with Crippen molar-refractivity contribution in [2.75, 3.05) is 6.54 Å². The molecule has 1 aliphatic rings. The van der Waals surface area contributed by atoms with Crippen LogP contribution in [0.2, 0.25) is 0 Å². The van der Waals surface area contributed by atoms with Crippen molar-refractivity contribution in [3.63, 3.8) is 0 Å². The summed E-state index contributed by atoms with van der Waals surface area (Å²) < 4.78 is 13.4. The van der Waals surface area contributed by atoms with E-state index in [0.29, 0.717) is 0 Å². The van der Waals surface area contributed by atoms with Gasteiger partial charge in [0.25, 0.3) is 0 Å². The van der Waals surface area contributed by atoms with Crippen LogP contribution in [0.3, 0.4) is 0 Å². The van der Waals surface area contributed by atoms with E-state index in [2.05, 4.69) is 10.6 Å². The molecule has 120 valence electrons. The number of amides is 2. The SMILES string of the molecule is O=C(O)CCNC(=O)NC(c1cccc(F)c1)C1CCCC1. The van der Waals surface area contributed by atoms with Crippen molar-refractivity contribution in [3.05, 3.63) is 35.6 Å². The Labute approximate surface area is 128 Å². The molecule has 0 heterocycles. The number of benzene rings is 1. The highest BCUT2D eigenvalue weighted by Gasteiger charge is 2.27. The molecule has 5 nitrogen and oxygen atoms in total. The molecule has 0 aliphatic heterocycles. The number of halogens is 1. The summed E-state index contributed by atoms with van der Waals surface area (Å²) in [6.07, 6.45) is 4.09. The third kappa shape index (κ3) is 4.72. The summed E-state index contributed by atoms with van der Waals surface area (Å²) in [4.78, 5) is 22.4. The summed E-state index contributed by atoms with van der Waals surface area (Å²) in [5.74, 6) is -1.00. The quantitative estimate of drug-likeness (QED) is 0.756. The lowest BCUT2D eigenvalue weighted by Gasteiger charge is -2.25. The van der Waals surface area contributed by atoms with Gasteiger partial charge in [-0.25, -0.2) is 9.18 Å². The summed E-state index contributed by atoms with van der Waals surface area (Å²) >= 11 is 0. The maximum absolute atomic E-state index is 13.4. The molecule has 22 heavy (non-hydrogen) atoms. The first kappa shape index (κ1) is 16.3. The molecular weight excluding hydrogens is 287 g/mol. The predicted octanol–water partition coefficient (Wildman–Crippen LogP) is 2.83. The Hall–Kier alpha value is -2.11.